The van der Waals surface area contributed by atoms with Crippen molar-refractivity contribution in [1.82, 2.24) is 24.4 Å². The molecule has 0 bridgehead atoms. The molecule has 0 aliphatic carbocycles. The van der Waals surface area contributed by atoms with Crippen molar-refractivity contribution in [3.8, 4) is 0 Å². The lowest BCUT2D eigenvalue weighted by Crippen LogP contribution is -2.39. The van der Waals surface area contributed by atoms with Gasteiger partial charge in [0.15, 0.2) is 0 Å². The van der Waals surface area contributed by atoms with Crippen molar-refractivity contribution in [2.75, 3.05) is 25.5 Å². The number of hydrogen-bond acceptors (Lipinski definition) is 5. The van der Waals surface area contributed by atoms with Gasteiger partial charge in [0.25, 0.3) is 0 Å². The minimum Gasteiger partial charge on any atom is -0.369 e. The molecule has 7 heteroatoms. The summed E-state index contributed by atoms with van der Waals surface area (Å²) in [6.07, 6.45) is 7.53. The number of nitrogens with zero attached hydrogens (tertiary/aromatic N) is 5. The lowest BCUT2D eigenvalue weighted by atomic mass is 9.87. The molecule has 1 N–H and O–H groups in total. The Morgan fingerprint density at radius 3 is 2.96 bits per heavy atom. The van der Waals surface area contributed by atoms with Crippen LogP contribution in [0.25, 0.3) is 10.9 Å². The molecular formula is C19H23FN6. The summed E-state index contributed by atoms with van der Waals surface area (Å²) in [5, 5.41) is 3.84. The van der Waals surface area contributed by atoms with Crippen LogP contribution in [0.15, 0.2) is 37.1 Å². The Kier molecular flexibility index (Phi) is 4.55. The van der Waals surface area contributed by atoms with Gasteiger partial charge in [0.1, 0.15) is 18.0 Å². The van der Waals surface area contributed by atoms with Crippen LogP contribution in [0.3, 0.4) is 0 Å². The summed E-state index contributed by atoms with van der Waals surface area (Å²) < 4.78 is 16.4. The molecule has 1 fully saturated rings. The number of benzene rings is 1. The van der Waals surface area contributed by atoms with Gasteiger partial charge in [0.2, 0.25) is 0 Å². The van der Waals surface area contributed by atoms with Gasteiger partial charge in [0.05, 0.1) is 29.0 Å². The zero-order valence-electron chi connectivity index (χ0n) is 15.1. The first-order valence-electron chi connectivity index (χ1n) is 8.94. The fraction of sp³-hybridized carbons (Fsp3) is 0.421. The van der Waals surface area contributed by atoms with Crippen LogP contribution in [-0.4, -0.2) is 44.6 Å². The lowest BCUT2D eigenvalue weighted by Gasteiger charge is -2.39. The number of aromatic nitrogens is 4. The molecule has 6 nitrogen and oxygen atoms in total. The van der Waals surface area contributed by atoms with Crippen molar-refractivity contribution in [1.29, 1.82) is 0 Å². The molecule has 2 atom stereocenters. The molecule has 1 aliphatic rings. The highest BCUT2D eigenvalue weighted by Crippen LogP contribution is 2.35. The summed E-state index contributed by atoms with van der Waals surface area (Å²) in [7, 11) is 4.19. The molecule has 136 valence electrons. The second-order valence-electron chi connectivity index (χ2n) is 6.99. The van der Waals surface area contributed by atoms with Gasteiger partial charge in [-0.15, -0.1) is 0 Å². The normalized spacial score (nSPS) is 21.2. The van der Waals surface area contributed by atoms with Crippen molar-refractivity contribution < 1.29 is 4.39 Å². The molecule has 1 saturated heterocycles. The number of nitrogens with one attached hydrogen (secondary N) is 1. The molecule has 0 amide bonds. The van der Waals surface area contributed by atoms with Gasteiger partial charge in [-0.1, -0.05) is 6.07 Å². The highest BCUT2D eigenvalue weighted by Gasteiger charge is 2.32. The largest absolute Gasteiger partial charge is 0.369 e. The second kappa shape index (κ2) is 6.99. The van der Waals surface area contributed by atoms with E-state index in [0.29, 0.717) is 22.6 Å². The molecule has 0 unspecified atom stereocenters. The van der Waals surface area contributed by atoms with E-state index in [1.165, 1.54) is 18.1 Å². The van der Waals surface area contributed by atoms with Crippen LogP contribution < -0.4 is 5.32 Å². The van der Waals surface area contributed by atoms with E-state index in [-0.39, 0.29) is 11.9 Å². The highest BCUT2D eigenvalue weighted by molar-refractivity contribution is 5.89. The maximum atomic E-state index is 14.3. The Morgan fingerprint density at radius 1 is 1.27 bits per heavy atom. The summed E-state index contributed by atoms with van der Waals surface area (Å²) in [4.78, 5) is 15.1. The smallest absolute Gasteiger partial charge is 0.140 e. The molecule has 2 aromatic heterocycles. The van der Waals surface area contributed by atoms with Crippen LogP contribution in [-0.2, 0) is 7.05 Å². The molecular weight excluding hydrogens is 331 g/mol. The average Bonchev–Trinajstić information content (AvgIpc) is 3.05. The lowest BCUT2D eigenvalue weighted by molar-refractivity contribution is 0.122. The summed E-state index contributed by atoms with van der Waals surface area (Å²) >= 11 is 0. The van der Waals surface area contributed by atoms with Crippen LogP contribution in [0.2, 0.25) is 0 Å². The number of hydrogen-bond donors (Lipinski definition) is 1. The van der Waals surface area contributed by atoms with E-state index >= 15 is 0 Å². The third-order valence-corrected chi connectivity index (χ3v) is 5.31. The average molecular weight is 354 g/mol. The van der Waals surface area contributed by atoms with Crippen LogP contribution in [0.4, 0.5) is 10.2 Å². The first kappa shape index (κ1) is 16.9. The number of aryl methyl sites for hydroxylation is 1. The summed E-state index contributed by atoms with van der Waals surface area (Å²) in [6, 6.07) is 5.20. The Morgan fingerprint density at radius 2 is 2.15 bits per heavy atom. The Hall–Kier alpha value is -2.54. The Labute approximate surface area is 152 Å². The maximum Gasteiger partial charge on any atom is 0.140 e. The minimum absolute atomic E-state index is 0.279. The molecule has 4 rings (SSSR count). The molecule has 3 aromatic rings. The van der Waals surface area contributed by atoms with Crippen LogP contribution in [0, 0.1) is 11.7 Å². The van der Waals surface area contributed by atoms with Gasteiger partial charge in [-0.3, -0.25) is 4.90 Å². The molecule has 0 radical (unpaired) electrons. The van der Waals surface area contributed by atoms with E-state index in [0.717, 1.165) is 25.9 Å². The molecule has 0 saturated carbocycles. The van der Waals surface area contributed by atoms with E-state index in [2.05, 4.69) is 36.8 Å². The van der Waals surface area contributed by atoms with Gasteiger partial charge in [0, 0.05) is 19.8 Å². The first-order chi connectivity index (χ1) is 12.6. The van der Waals surface area contributed by atoms with E-state index in [1.807, 2.05) is 19.6 Å². The van der Waals surface area contributed by atoms with E-state index in [4.69, 9.17) is 0 Å². The third-order valence-electron chi connectivity index (χ3n) is 5.31. The van der Waals surface area contributed by atoms with Crippen molar-refractivity contribution in [3.63, 3.8) is 0 Å². The number of rotatable bonds is 4. The highest BCUT2D eigenvalue weighted by atomic mass is 19.1. The van der Waals surface area contributed by atoms with Gasteiger partial charge in [-0.25, -0.2) is 19.3 Å². The number of piperidine rings is 1. The Bertz CT molecular complexity index is 903. The fourth-order valence-electron chi connectivity index (χ4n) is 4.02. The topological polar surface area (TPSA) is 58.9 Å². The van der Waals surface area contributed by atoms with Gasteiger partial charge < -0.3 is 9.88 Å². The van der Waals surface area contributed by atoms with Crippen molar-refractivity contribution in [2.45, 2.75) is 18.9 Å². The zero-order valence-corrected chi connectivity index (χ0v) is 15.1. The third kappa shape index (κ3) is 3.03. The number of imidazole rings is 1. The van der Waals surface area contributed by atoms with Crippen molar-refractivity contribution in [2.24, 2.45) is 13.0 Å². The predicted molar refractivity (Wildman–Crippen MR) is 99.3 cm³/mol. The molecule has 3 heterocycles. The number of halogens is 1. The Balaban J connectivity index is 1.60. The predicted octanol–water partition coefficient (Wildman–Crippen LogP) is 3.00. The van der Waals surface area contributed by atoms with Gasteiger partial charge >= 0.3 is 0 Å². The number of anilines is 1. The minimum atomic E-state index is -0.297. The van der Waals surface area contributed by atoms with Gasteiger partial charge in [-0.05, 0) is 44.5 Å². The zero-order chi connectivity index (χ0) is 18.1. The van der Waals surface area contributed by atoms with Gasteiger partial charge in [-0.2, -0.15) is 0 Å². The van der Waals surface area contributed by atoms with E-state index in [9.17, 15) is 4.39 Å². The van der Waals surface area contributed by atoms with E-state index in [1.54, 1.807) is 12.1 Å². The number of fused-ring (bicyclic) bond motifs is 1. The second-order valence-corrected chi connectivity index (χ2v) is 6.99. The fourth-order valence-corrected chi connectivity index (χ4v) is 4.02. The first-order valence-corrected chi connectivity index (χ1v) is 8.94. The quantitative estimate of drug-likeness (QED) is 0.780. The SMILES string of the molecule is CN1CCC[C@@H](CNc2ncnc3cccc(F)c23)[C@@H]1c1cncn1C. The van der Waals surface area contributed by atoms with Crippen LogP contribution in [0.1, 0.15) is 24.6 Å². The van der Waals surface area contributed by atoms with Crippen LogP contribution in [0.5, 0.6) is 0 Å². The van der Waals surface area contributed by atoms with Crippen molar-refractivity contribution >= 4 is 16.7 Å². The summed E-state index contributed by atoms with van der Waals surface area (Å²) in [5.74, 6) is 0.653. The molecule has 1 aromatic carbocycles. The number of likely N-dealkylation sites (tertiary alicyclic amines) is 1. The standard InChI is InChI=1S/C19H23FN6/c1-25-8-4-5-13(18(25)16-10-21-12-26(16)2)9-22-19-17-14(20)6-3-7-15(17)23-11-24-19/h3,6-7,10-13,18H,4-5,8-9H2,1-2H3,(H,22,23,24)/t13-,18+/m0/s1. The van der Waals surface area contributed by atoms with Crippen LogP contribution >= 0.6 is 0 Å². The monoisotopic (exact) mass is 354 g/mol. The summed E-state index contributed by atoms with van der Waals surface area (Å²) in [6.45, 7) is 1.79. The molecule has 0 spiro atoms. The maximum absolute atomic E-state index is 14.3. The summed E-state index contributed by atoms with van der Waals surface area (Å²) in [5.41, 5.74) is 1.82. The van der Waals surface area contributed by atoms with E-state index < -0.39 is 0 Å². The van der Waals surface area contributed by atoms with Crippen molar-refractivity contribution in [3.05, 3.63) is 48.6 Å². The molecule has 26 heavy (non-hydrogen) atoms. The molecule has 1 aliphatic heterocycles.